The Hall–Kier alpha value is -2.82. The molecular formula is C19H22N2O3. The van der Waals surface area contributed by atoms with E-state index >= 15 is 0 Å². The summed E-state index contributed by atoms with van der Waals surface area (Å²) in [5.41, 5.74) is 2.57. The monoisotopic (exact) mass is 326 g/mol. The van der Waals surface area contributed by atoms with E-state index in [1.807, 2.05) is 62.4 Å². The topological polar surface area (TPSA) is 58.6 Å². The molecule has 24 heavy (non-hydrogen) atoms. The number of anilines is 1. The second-order valence-corrected chi connectivity index (χ2v) is 5.38. The third-order valence-corrected chi connectivity index (χ3v) is 3.70. The lowest BCUT2D eigenvalue weighted by atomic mass is 10.2. The Morgan fingerprint density at radius 2 is 1.88 bits per heavy atom. The molecule has 0 saturated carbocycles. The van der Waals surface area contributed by atoms with Crippen LogP contribution >= 0.6 is 0 Å². The van der Waals surface area contributed by atoms with Crippen molar-refractivity contribution in [1.82, 2.24) is 5.32 Å². The van der Waals surface area contributed by atoms with Crippen molar-refractivity contribution in [3.63, 3.8) is 0 Å². The van der Waals surface area contributed by atoms with Gasteiger partial charge in [-0.3, -0.25) is 9.59 Å². The molecule has 0 aliphatic rings. The number of carbonyl (C=O) groups is 2. The molecule has 1 N–H and O–H groups in total. The van der Waals surface area contributed by atoms with Gasteiger partial charge in [-0.15, -0.1) is 0 Å². The first-order valence-corrected chi connectivity index (χ1v) is 7.85. The fourth-order valence-corrected chi connectivity index (χ4v) is 2.46. The third kappa shape index (κ3) is 4.13. The van der Waals surface area contributed by atoms with Crippen LogP contribution in [0.15, 0.2) is 48.5 Å². The van der Waals surface area contributed by atoms with E-state index in [0.29, 0.717) is 12.3 Å². The number of carbonyl (C=O) groups excluding carboxylic acids is 2. The van der Waals surface area contributed by atoms with Crippen LogP contribution in [0, 0.1) is 6.92 Å². The maximum absolute atomic E-state index is 12.4. The number of aryl methyl sites for hydroxylation is 1. The summed E-state index contributed by atoms with van der Waals surface area (Å²) in [7, 11) is 1.57. The van der Waals surface area contributed by atoms with Crippen molar-refractivity contribution >= 4 is 17.5 Å². The third-order valence-electron chi connectivity index (χ3n) is 3.70. The number of nitrogens with zero attached hydrogens (tertiary/aromatic N) is 1. The molecule has 2 aromatic rings. The fourth-order valence-electron chi connectivity index (χ4n) is 2.46. The number of amides is 2. The lowest BCUT2D eigenvalue weighted by Gasteiger charge is -2.21. The van der Waals surface area contributed by atoms with E-state index in [9.17, 15) is 9.59 Å². The van der Waals surface area contributed by atoms with Gasteiger partial charge in [-0.1, -0.05) is 30.3 Å². The molecule has 5 nitrogen and oxygen atoms in total. The minimum absolute atomic E-state index is 0.236. The van der Waals surface area contributed by atoms with Gasteiger partial charge in [0.05, 0.1) is 7.11 Å². The minimum atomic E-state index is -0.635. The maximum Gasteiger partial charge on any atom is 0.316 e. The molecule has 0 spiro atoms. The summed E-state index contributed by atoms with van der Waals surface area (Å²) in [6.45, 7) is 4.45. The zero-order valence-corrected chi connectivity index (χ0v) is 14.2. The molecule has 0 aliphatic heterocycles. The number of rotatable bonds is 5. The van der Waals surface area contributed by atoms with Gasteiger partial charge in [0.25, 0.3) is 0 Å². The fraction of sp³-hybridized carbons (Fsp3) is 0.263. The average molecular weight is 326 g/mol. The van der Waals surface area contributed by atoms with Crippen molar-refractivity contribution in [3.8, 4) is 5.75 Å². The first-order chi connectivity index (χ1) is 11.6. The molecule has 0 atom stereocenters. The number of hydrogen-bond donors (Lipinski definition) is 1. The first-order valence-electron chi connectivity index (χ1n) is 7.85. The molecule has 5 heteroatoms. The van der Waals surface area contributed by atoms with Crippen LogP contribution in [0.5, 0.6) is 5.75 Å². The lowest BCUT2D eigenvalue weighted by molar-refractivity contribution is -0.137. The second kappa shape index (κ2) is 8.15. The largest absolute Gasteiger partial charge is 0.496 e. The van der Waals surface area contributed by atoms with Crippen LogP contribution in [0.2, 0.25) is 0 Å². The molecule has 126 valence electrons. The molecule has 0 radical (unpaired) electrons. The van der Waals surface area contributed by atoms with E-state index in [2.05, 4.69) is 5.32 Å². The predicted molar refractivity (Wildman–Crippen MR) is 94.0 cm³/mol. The zero-order chi connectivity index (χ0) is 17.5. The summed E-state index contributed by atoms with van der Waals surface area (Å²) in [5.74, 6) is -0.529. The second-order valence-electron chi connectivity index (χ2n) is 5.38. The molecule has 2 amide bonds. The highest BCUT2D eigenvalue weighted by molar-refractivity contribution is 6.40. The van der Waals surface area contributed by atoms with Gasteiger partial charge in [0, 0.05) is 24.3 Å². The van der Waals surface area contributed by atoms with E-state index in [4.69, 9.17) is 4.74 Å². The van der Waals surface area contributed by atoms with Gasteiger partial charge in [-0.2, -0.15) is 0 Å². The van der Waals surface area contributed by atoms with Crippen LogP contribution < -0.4 is 15.0 Å². The van der Waals surface area contributed by atoms with Crippen molar-refractivity contribution in [2.45, 2.75) is 20.4 Å². The molecule has 2 rings (SSSR count). The van der Waals surface area contributed by atoms with E-state index in [-0.39, 0.29) is 6.54 Å². The molecular weight excluding hydrogens is 304 g/mol. The van der Waals surface area contributed by atoms with Crippen molar-refractivity contribution in [2.24, 2.45) is 0 Å². The number of para-hydroxylation sites is 1. The van der Waals surface area contributed by atoms with Gasteiger partial charge >= 0.3 is 11.8 Å². The average Bonchev–Trinajstić information content (AvgIpc) is 2.60. The normalized spacial score (nSPS) is 10.1. The van der Waals surface area contributed by atoms with E-state index in [1.54, 1.807) is 7.11 Å². The number of nitrogens with one attached hydrogen (secondary N) is 1. The summed E-state index contributed by atoms with van der Waals surface area (Å²) in [6.07, 6.45) is 0. The smallest absolute Gasteiger partial charge is 0.316 e. The van der Waals surface area contributed by atoms with Crippen molar-refractivity contribution in [3.05, 3.63) is 59.7 Å². The lowest BCUT2D eigenvalue weighted by Crippen LogP contribution is -2.43. The highest BCUT2D eigenvalue weighted by Crippen LogP contribution is 2.18. The van der Waals surface area contributed by atoms with Crippen LogP contribution in [0.1, 0.15) is 18.1 Å². The summed E-state index contributed by atoms with van der Waals surface area (Å²) in [5, 5.41) is 2.66. The van der Waals surface area contributed by atoms with Gasteiger partial charge in [0.2, 0.25) is 0 Å². The summed E-state index contributed by atoms with van der Waals surface area (Å²) < 4.78 is 5.24. The van der Waals surface area contributed by atoms with E-state index in [0.717, 1.165) is 16.8 Å². The van der Waals surface area contributed by atoms with Crippen LogP contribution in [-0.4, -0.2) is 25.5 Å². The molecule has 0 unspecified atom stereocenters. The van der Waals surface area contributed by atoms with Crippen LogP contribution in [0.3, 0.4) is 0 Å². The number of hydrogen-bond acceptors (Lipinski definition) is 3. The maximum atomic E-state index is 12.4. The Balaban J connectivity index is 2.06. The zero-order valence-electron chi connectivity index (χ0n) is 14.2. The van der Waals surface area contributed by atoms with Crippen LogP contribution in [-0.2, 0) is 16.1 Å². The Kier molecular flexibility index (Phi) is 5.95. The van der Waals surface area contributed by atoms with E-state index < -0.39 is 11.8 Å². The van der Waals surface area contributed by atoms with Gasteiger partial charge in [0.15, 0.2) is 0 Å². The molecule has 2 aromatic carbocycles. The van der Waals surface area contributed by atoms with Crippen LogP contribution in [0.4, 0.5) is 5.69 Å². The van der Waals surface area contributed by atoms with Gasteiger partial charge in [-0.25, -0.2) is 0 Å². The molecule has 0 heterocycles. The summed E-state index contributed by atoms with van der Waals surface area (Å²) >= 11 is 0. The van der Waals surface area contributed by atoms with Crippen molar-refractivity contribution in [2.75, 3.05) is 18.6 Å². The number of ether oxygens (including phenoxy) is 1. The molecule has 0 aliphatic carbocycles. The minimum Gasteiger partial charge on any atom is -0.496 e. The van der Waals surface area contributed by atoms with Gasteiger partial charge in [0.1, 0.15) is 5.75 Å². The summed E-state index contributed by atoms with van der Waals surface area (Å²) in [6, 6.07) is 14.9. The quantitative estimate of drug-likeness (QED) is 0.860. The highest BCUT2D eigenvalue weighted by atomic mass is 16.5. The van der Waals surface area contributed by atoms with Crippen molar-refractivity contribution in [1.29, 1.82) is 0 Å². The molecule has 0 saturated heterocycles. The Morgan fingerprint density at radius 3 is 2.54 bits per heavy atom. The predicted octanol–water partition coefficient (Wildman–Crippen LogP) is 2.67. The standard InChI is InChI=1S/C19H22N2O3/c1-4-21(16-10-7-8-14(2)12-16)19(23)18(22)20-13-15-9-5-6-11-17(15)24-3/h5-12H,4,13H2,1-3H3,(H,20,22). The number of methoxy groups -OCH3 is 1. The Morgan fingerprint density at radius 1 is 1.12 bits per heavy atom. The number of benzene rings is 2. The molecule has 0 aromatic heterocycles. The first kappa shape index (κ1) is 17.5. The Labute approximate surface area is 142 Å². The van der Waals surface area contributed by atoms with Crippen LogP contribution in [0.25, 0.3) is 0 Å². The summed E-state index contributed by atoms with van der Waals surface area (Å²) in [4.78, 5) is 26.1. The van der Waals surface area contributed by atoms with Gasteiger partial charge in [-0.05, 0) is 37.6 Å². The van der Waals surface area contributed by atoms with Crippen molar-refractivity contribution < 1.29 is 14.3 Å². The van der Waals surface area contributed by atoms with E-state index in [1.165, 1.54) is 4.90 Å². The Bertz CT molecular complexity index is 728. The SMILES string of the molecule is CCN(C(=O)C(=O)NCc1ccccc1OC)c1cccc(C)c1. The number of likely N-dealkylation sites (N-methyl/N-ethyl adjacent to an activating group) is 1. The molecule has 0 fully saturated rings. The van der Waals surface area contributed by atoms with Gasteiger partial charge < -0.3 is 15.0 Å². The highest BCUT2D eigenvalue weighted by Gasteiger charge is 2.22. The molecule has 0 bridgehead atoms.